The lowest BCUT2D eigenvalue weighted by Gasteiger charge is -2.18. The fourth-order valence-corrected chi connectivity index (χ4v) is 3.64. The smallest absolute Gasteiger partial charge is 0.315 e. The second kappa shape index (κ2) is 10.0. The highest BCUT2D eigenvalue weighted by atomic mass is 19.3. The van der Waals surface area contributed by atoms with E-state index in [4.69, 9.17) is 0 Å². The van der Waals surface area contributed by atoms with Crippen LogP contribution < -0.4 is 10.6 Å². The number of aromatic nitrogens is 3. The second-order valence-electron chi connectivity index (χ2n) is 8.33. The number of carbonyl (C=O) groups is 1. The maximum absolute atomic E-state index is 15.3. The van der Waals surface area contributed by atoms with Gasteiger partial charge >= 0.3 is 5.92 Å². The Balaban J connectivity index is 1.55. The first-order valence-corrected chi connectivity index (χ1v) is 11.0. The number of nitrogens with zero attached hydrogens (tertiary/aromatic N) is 4. The van der Waals surface area contributed by atoms with Crippen molar-refractivity contribution in [3.63, 3.8) is 0 Å². The standard InChI is InChI=1S/C26H26F2N6O/c1-4-24(35)30-20-7-5-6-19(17-20)26(27,28)23-10-12-29-25(32-23)31-21-8-9-22-18(16-21)11-13-34(22)15-14-33(2)3/h4-13,16-17H,1,14-15H2,2-3H3,(H,30,35)(H,29,31,32). The topological polar surface area (TPSA) is 75.1 Å². The van der Waals surface area contributed by atoms with Crippen molar-refractivity contribution in [2.75, 3.05) is 31.3 Å². The minimum atomic E-state index is -3.40. The number of hydrogen-bond acceptors (Lipinski definition) is 5. The van der Waals surface area contributed by atoms with Crippen LogP contribution >= 0.6 is 0 Å². The van der Waals surface area contributed by atoms with E-state index in [2.05, 4.69) is 36.6 Å². The van der Waals surface area contributed by atoms with E-state index in [0.717, 1.165) is 30.1 Å². The molecule has 0 aliphatic heterocycles. The Hall–Kier alpha value is -4.11. The molecule has 0 atom stereocenters. The molecule has 0 aliphatic carbocycles. The van der Waals surface area contributed by atoms with Crippen molar-refractivity contribution in [2.45, 2.75) is 12.5 Å². The quantitative estimate of drug-likeness (QED) is 0.333. The summed E-state index contributed by atoms with van der Waals surface area (Å²) in [5, 5.41) is 6.54. The summed E-state index contributed by atoms with van der Waals surface area (Å²) in [6.07, 6.45) is 4.39. The summed E-state index contributed by atoms with van der Waals surface area (Å²) in [7, 11) is 4.06. The highest BCUT2D eigenvalue weighted by Crippen LogP contribution is 2.36. The molecular formula is C26H26F2N6O. The zero-order chi connectivity index (χ0) is 25.0. The molecule has 0 fully saturated rings. The van der Waals surface area contributed by atoms with Crippen molar-refractivity contribution < 1.29 is 13.6 Å². The number of anilines is 3. The van der Waals surface area contributed by atoms with Gasteiger partial charge in [-0.3, -0.25) is 4.79 Å². The molecular weight excluding hydrogens is 450 g/mol. The van der Waals surface area contributed by atoms with Gasteiger partial charge in [0, 0.05) is 53.3 Å². The highest BCUT2D eigenvalue weighted by Gasteiger charge is 2.36. The summed E-state index contributed by atoms with van der Waals surface area (Å²) in [6, 6.07) is 14.4. The molecule has 7 nitrogen and oxygen atoms in total. The van der Waals surface area contributed by atoms with Crippen molar-refractivity contribution in [3.05, 3.63) is 90.9 Å². The van der Waals surface area contributed by atoms with Gasteiger partial charge < -0.3 is 20.1 Å². The number of carbonyl (C=O) groups excluding carboxylic acids is 1. The fourth-order valence-electron chi connectivity index (χ4n) is 3.64. The Kier molecular flexibility index (Phi) is 6.88. The molecule has 9 heteroatoms. The fraction of sp³-hybridized carbons (Fsp3) is 0.192. The average Bonchev–Trinajstić information content (AvgIpc) is 3.25. The van der Waals surface area contributed by atoms with Gasteiger partial charge in [0.2, 0.25) is 11.9 Å². The number of likely N-dealkylation sites (N-methyl/N-ethyl adjacent to an activating group) is 1. The Morgan fingerprint density at radius 3 is 2.74 bits per heavy atom. The van der Waals surface area contributed by atoms with Crippen LogP contribution in [-0.2, 0) is 17.3 Å². The van der Waals surface area contributed by atoms with Crippen molar-refractivity contribution in [1.82, 2.24) is 19.4 Å². The molecule has 0 unspecified atom stereocenters. The number of amides is 1. The normalized spacial score (nSPS) is 11.6. The Labute approximate surface area is 202 Å². The molecule has 0 saturated carbocycles. The monoisotopic (exact) mass is 476 g/mol. The third-order valence-electron chi connectivity index (χ3n) is 5.47. The summed E-state index contributed by atoms with van der Waals surface area (Å²) in [5.41, 5.74) is 1.26. The van der Waals surface area contributed by atoms with Crippen LogP contribution in [0.3, 0.4) is 0 Å². The first-order chi connectivity index (χ1) is 16.8. The van der Waals surface area contributed by atoms with E-state index in [0.29, 0.717) is 5.69 Å². The van der Waals surface area contributed by atoms with Gasteiger partial charge in [-0.15, -0.1) is 0 Å². The predicted octanol–water partition coefficient (Wildman–Crippen LogP) is 5.00. The van der Waals surface area contributed by atoms with Crippen LogP contribution in [0.15, 0.2) is 79.6 Å². The molecule has 0 bridgehead atoms. The van der Waals surface area contributed by atoms with Crippen molar-refractivity contribution in [1.29, 1.82) is 0 Å². The molecule has 2 aromatic heterocycles. The molecule has 4 rings (SSSR count). The van der Waals surface area contributed by atoms with Crippen LogP contribution in [0.4, 0.5) is 26.1 Å². The molecule has 180 valence electrons. The number of benzene rings is 2. The van der Waals surface area contributed by atoms with Gasteiger partial charge in [0.15, 0.2) is 0 Å². The van der Waals surface area contributed by atoms with Gasteiger partial charge in [-0.05, 0) is 62.6 Å². The van der Waals surface area contributed by atoms with Gasteiger partial charge in [-0.2, -0.15) is 8.78 Å². The number of fused-ring (bicyclic) bond motifs is 1. The molecule has 0 aliphatic rings. The van der Waals surface area contributed by atoms with Gasteiger partial charge in [0.1, 0.15) is 5.69 Å². The molecule has 0 radical (unpaired) electrons. The van der Waals surface area contributed by atoms with Crippen LogP contribution in [0.2, 0.25) is 0 Å². The summed E-state index contributed by atoms with van der Waals surface area (Å²) >= 11 is 0. The van der Waals surface area contributed by atoms with Gasteiger partial charge in [0.25, 0.3) is 0 Å². The average molecular weight is 477 g/mol. The SMILES string of the molecule is C=CC(=O)Nc1cccc(C(F)(F)c2ccnc(Nc3ccc4c(ccn4CCN(C)C)c3)n2)c1. The zero-order valence-corrected chi connectivity index (χ0v) is 19.5. The maximum Gasteiger partial charge on any atom is 0.315 e. The van der Waals surface area contributed by atoms with Crippen molar-refractivity contribution >= 4 is 34.1 Å². The van der Waals surface area contributed by atoms with E-state index in [1.165, 1.54) is 36.5 Å². The van der Waals surface area contributed by atoms with E-state index >= 15 is 8.78 Å². The summed E-state index contributed by atoms with van der Waals surface area (Å²) in [4.78, 5) is 21.8. The molecule has 2 aromatic carbocycles. The lowest BCUT2D eigenvalue weighted by atomic mass is 10.0. The largest absolute Gasteiger partial charge is 0.346 e. The third kappa shape index (κ3) is 5.52. The lowest BCUT2D eigenvalue weighted by Crippen LogP contribution is -2.18. The minimum Gasteiger partial charge on any atom is -0.346 e. The number of rotatable bonds is 9. The van der Waals surface area contributed by atoms with Gasteiger partial charge in [-0.25, -0.2) is 9.97 Å². The van der Waals surface area contributed by atoms with Gasteiger partial charge in [-0.1, -0.05) is 18.7 Å². The van der Waals surface area contributed by atoms with E-state index in [1.807, 2.05) is 44.6 Å². The van der Waals surface area contributed by atoms with Crippen LogP contribution in [0.25, 0.3) is 10.9 Å². The predicted molar refractivity (Wildman–Crippen MR) is 134 cm³/mol. The van der Waals surface area contributed by atoms with E-state index in [9.17, 15) is 4.79 Å². The van der Waals surface area contributed by atoms with Crippen LogP contribution in [0.5, 0.6) is 0 Å². The summed E-state index contributed by atoms with van der Waals surface area (Å²) in [6.45, 7) is 5.15. The van der Waals surface area contributed by atoms with E-state index in [1.54, 1.807) is 0 Å². The third-order valence-corrected chi connectivity index (χ3v) is 5.47. The summed E-state index contributed by atoms with van der Waals surface area (Å²) in [5.74, 6) is -3.82. The lowest BCUT2D eigenvalue weighted by molar-refractivity contribution is -0.111. The van der Waals surface area contributed by atoms with Crippen molar-refractivity contribution in [3.8, 4) is 0 Å². The number of halogens is 2. The maximum atomic E-state index is 15.3. The second-order valence-corrected chi connectivity index (χ2v) is 8.33. The molecule has 35 heavy (non-hydrogen) atoms. The van der Waals surface area contributed by atoms with Crippen LogP contribution in [0, 0.1) is 0 Å². The van der Waals surface area contributed by atoms with Crippen molar-refractivity contribution in [2.24, 2.45) is 0 Å². The number of alkyl halides is 2. The Morgan fingerprint density at radius 1 is 1.14 bits per heavy atom. The minimum absolute atomic E-state index is 0.0599. The Bertz CT molecular complexity index is 1360. The first-order valence-electron chi connectivity index (χ1n) is 11.0. The van der Waals surface area contributed by atoms with Gasteiger partial charge in [0.05, 0.1) is 0 Å². The number of hydrogen-bond donors (Lipinski definition) is 2. The summed E-state index contributed by atoms with van der Waals surface area (Å²) < 4.78 is 32.7. The first kappa shape index (κ1) is 24.0. The van der Waals surface area contributed by atoms with Crippen LogP contribution in [0.1, 0.15) is 11.3 Å². The molecule has 1 amide bonds. The molecule has 0 spiro atoms. The zero-order valence-electron chi connectivity index (χ0n) is 19.5. The Morgan fingerprint density at radius 2 is 1.97 bits per heavy atom. The van der Waals surface area contributed by atoms with Crippen LogP contribution in [-0.4, -0.2) is 46.0 Å². The van der Waals surface area contributed by atoms with E-state index in [-0.39, 0.29) is 17.2 Å². The molecule has 2 heterocycles. The number of nitrogens with one attached hydrogen (secondary N) is 2. The molecule has 2 N–H and O–H groups in total. The van der Waals surface area contributed by atoms with E-state index < -0.39 is 17.5 Å². The molecule has 0 saturated heterocycles. The highest BCUT2D eigenvalue weighted by molar-refractivity contribution is 5.98. The molecule has 4 aromatic rings.